The molecule has 1 atom stereocenters. The zero-order valence-electron chi connectivity index (χ0n) is 10.0. The highest BCUT2D eigenvalue weighted by Crippen LogP contribution is 2.38. The lowest BCUT2D eigenvalue weighted by Gasteiger charge is -2.11. The zero-order valence-corrected chi connectivity index (χ0v) is 10.0. The van der Waals surface area contributed by atoms with E-state index in [0.717, 1.165) is 23.6 Å². The van der Waals surface area contributed by atoms with Crippen LogP contribution in [0.5, 0.6) is 0 Å². The van der Waals surface area contributed by atoms with Crippen molar-refractivity contribution in [2.75, 3.05) is 5.32 Å². The third kappa shape index (κ3) is 2.30. The van der Waals surface area contributed by atoms with Crippen LogP contribution in [0.3, 0.4) is 0 Å². The molecule has 3 rings (SSSR count). The van der Waals surface area contributed by atoms with Crippen LogP contribution in [0.15, 0.2) is 48.5 Å². The maximum absolute atomic E-state index is 12.6. The Hall–Kier alpha value is -1.97. The summed E-state index contributed by atoms with van der Waals surface area (Å²) in [5.41, 5.74) is 2.00. The fraction of sp³-hybridized carbons (Fsp3) is 0.200. The predicted molar refractivity (Wildman–Crippen MR) is 68.0 cm³/mol. The molecule has 0 saturated carbocycles. The van der Waals surface area contributed by atoms with Crippen LogP contribution in [0.4, 0.5) is 18.9 Å². The van der Waals surface area contributed by atoms with Gasteiger partial charge in [0.1, 0.15) is 0 Å². The fourth-order valence-corrected chi connectivity index (χ4v) is 2.41. The Morgan fingerprint density at radius 3 is 2.42 bits per heavy atom. The SMILES string of the molecule is FC(F)(F)c1ccc2c(c1)NC(c1ccccc1)C2. The van der Waals surface area contributed by atoms with E-state index in [0.29, 0.717) is 5.69 Å². The van der Waals surface area contributed by atoms with Crippen molar-refractivity contribution in [3.8, 4) is 0 Å². The summed E-state index contributed by atoms with van der Waals surface area (Å²) in [5.74, 6) is 0. The van der Waals surface area contributed by atoms with E-state index in [1.54, 1.807) is 6.07 Å². The van der Waals surface area contributed by atoms with Crippen molar-refractivity contribution >= 4 is 5.69 Å². The van der Waals surface area contributed by atoms with Gasteiger partial charge >= 0.3 is 6.18 Å². The number of benzene rings is 2. The molecule has 0 fully saturated rings. The van der Waals surface area contributed by atoms with Gasteiger partial charge in [-0.15, -0.1) is 0 Å². The van der Waals surface area contributed by atoms with Gasteiger partial charge in [-0.2, -0.15) is 13.2 Å². The van der Waals surface area contributed by atoms with Gasteiger partial charge in [-0.1, -0.05) is 36.4 Å². The van der Waals surface area contributed by atoms with Crippen molar-refractivity contribution in [2.24, 2.45) is 0 Å². The molecule has 4 heteroatoms. The molecule has 2 aromatic rings. The minimum Gasteiger partial charge on any atom is -0.378 e. The van der Waals surface area contributed by atoms with Gasteiger partial charge in [0, 0.05) is 5.69 Å². The number of nitrogens with one attached hydrogen (secondary N) is 1. The molecular weight excluding hydrogens is 251 g/mol. The molecule has 0 radical (unpaired) electrons. The maximum Gasteiger partial charge on any atom is 0.416 e. The van der Waals surface area contributed by atoms with Gasteiger partial charge in [0.05, 0.1) is 11.6 Å². The minimum absolute atomic E-state index is 0.0553. The molecule has 0 saturated heterocycles. The first-order chi connectivity index (χ1) is 9.04. The van der Waals surface area contributed by atoms with Crippen LogP contribution in [0.1, 0.15) is 22.7 Å². The van der Waals surface area contributed by atoms with E-state index >= 15 is 0 Å². The van der Waals surface area contributed by atoms with Crippen molar-refractivity contribution in [1.29, 1.82) is 0 Å². The molecule has 1 aliphatic rings. The Balaban J connectivity index is 1.89. The van der Waals surface area contributed by atoms with E-state index in [-0.39, 0.29) is 6.04 Å². The summed E-state index contributed by atoms with van der Waals surface area (Å²) in [6.07, 6.45) is -3.57. The van der Waals surface area contributed by atoms with Gasteiger partial charge in [-0.25, -0.2) is 0 Å². The van der Waals surface area contributed by atoms with Crippen molar-refractivity contribution < 1.29 is 13.2 Å². The van der Waals surface area contributed by atoms with Crippen molar-refractivity contribution in [2.45, 2.75) is 18.6 Å². The number of halogens is 3. The second-order valence-corrected chi connectivity index (χ2v) is 4.68. The number of rotatable bonds is 1. The van der Waals surface area contributed by atoms with Crippen molar-refractivity contribution in [1.82, 2.24) is 0 Å². The average molecular weight is 263 g/mol. The van der Waals surface area contributed by atoms with E-state index in [1.165, 1.54) is 6.07 Å². The summed E-state index contributed by atoms with van der Waals surface area (Å²) >= 11 is 0. The van der Waals surface area contributed by atoms with Gasteiger partial charge in [0.25, 0.3) is 0 Å². The summed E-state index contributed by atoms with van der Waals surface area (Å²) < 4.78 is 37.9. The van der Waals surface area contributed by atoms with Crippen molar-refractivity contribution in [3.63, 3.8) is 0 Å². The predicted octanol–water partition coefficient (Wildman–Crippen LogP) is 4.41. The van der Waals surface area contributed by atoms with Crippen LogP contribution in [-0.4, -0.2) is 0 Å². The van der Waals surface area contributed by atoms with Crippen LogP contribution in [0.25, 0.3) is 0 Å². The minimum atomic E-state index is -4.29. The number of hydrogen-bond donors (Lipinski definition) is 1. The Kier molecular flexibility index (Phi) is 2.73. The van der Waals surface area contributed by atoms with Gasteiger partial charge in [0.15, 0.2) is 0 Å². The highest BCUT2D eigenvalue weighted by Gasteiger charge is 2.32. The highest BCUT2D eigenvalue weighted by molar-refractivity contribution is 5.60. The number of fused-ring (bicyclic) bond motifs is 1. The van der Waals surface area contributed by atoms with Crippen LogP contribution < -0.4 is 5.32 Å². The van der Waals surface area contributed by atoms with Crippen molar-refractivity contribution in [3.05, 3.63) is 65.2 Å². The quantitative estimate of drug-likeness (QED) is 0.803. The molecule has 0 spiro atoms. The molecule has 0 aromatic heterocycles. The highest BCUT2D eigenvalue weighted by atomic mass is 19.4. The first-order valence-corrected chi connectivity index (χ1v) is 6.05. The molecule has 0 bridgehead atoms. The Bertz CT molecular complexity index is 590. The lowest BCUT2D eigenvalue weighted by Crippen LogP contribution is -2.06. The Morgan fingerprint density at radius 1 is 1.00 bits per heavy atom. The smallest absolute Gasteiger partial charge is 0.378 e. The first kappa shape index (κ1) is 12.1. The van der Waals surface area contributed by atoms with Gasteiger partial charge in [-0.3, -0.25) is 0 Å². The normalized spacial score (nSPS) is 17.9. The summed E-state index contributed by atoms with van der Waals surface area (Å²) in [6, 6.07) is 13.7. The maximum atomic E-state index is 12.6. The van der Waals surface area contributed by atoms with Crippen LogP contribution in [0.2, 0.25) is 0 Å². The molecule has 2 aromatic carbocycles. The third-order valence-corrected chi connectivity index (χ3v) is 3.39. The molecular formula is C15H12F3N. The molecule has 1 heterocycles. The molecule has 0 aliphatic carbocycles. The van der Waals surface area contributed by atoms with Crippen LogP contribution in [0, 0.1) is 0 Å². The van der Waals surface area contributed by atoms with Crippen LogP contribution >= 0.6 is 0 Å². The summed E-state index contributed by atoms with van der Waals surface area (Å²) in [7, 11) is 0. The number of anilines is 1. The van der Waals surface area contributed by atoms with E-state index in [1.807, 2.05) is 30.3 Å². The number of hydrogen-bond acceptors (Lipinski definition) is 1. The average Bonchev–Trinajstić information content (AvgIpc) is 2.81. The summed E-state index contributed by atoms with van der Waals surface area (Å²) in [5, 5.41) is 3.16. The largest absolute Gasteiger partial charge is 0.416 e. The van der Waals surface area contributed by atoms with E-state index < -0.39 is 11.7 Å². The lowest BCUT2D eigenvalue weighted by molar-refractivity contribution is -0.137. The third-order valence-electron chi connectivity index (χ3n) is 3.39. The second-order valence-electron chi connectivity index (χ2n) is 4.68. The second kappa shape index (κ2) is 4.30. The molecule has 1 nitrogen and oxygen atoms in total. The monoisotopic (exact) mass is 263 g/mol. The van der Waals surface area contributed by atoms with Gasteiger partial charge in [0.2, 0.25) is 0 Å². The standard InChI is InChI=1S/C15H12F3N/c16-15(17,18)12-7-6-11-8-13(19-14(11)9-12)10-4-2-1-3-5-10/h1-7,9,13,19H,8H2. The van der Waals surface area contributed by atoms with Gasteiger partial charge < -0.3 is 5.32 Å². The van der Waals surface area contributed by atoms with Gasteiger partial charge in [-0.05, 0) is 29.7 Å². The summed E-state index contributed by atoms with van der Waals surface area (Å²) in [4.78, 5) is 0. The van der Waals surface area contributed by atoms with Crippen LogP contribution in [-0.2, 0) is 12.6 Å². The molecule has 1 N–H and O–H groups in total. The molecule has 0 amide bonds. The molecule has 1 unspecified atom stereocenters. The fourth-order valence-electron chi connectivity index (χ4n) is 2.41. The molecule has 98 valence electrons. The summed E-state index contributed by atoms with van der Waals surface area (Å²) in [6.45, 7) is 0. The van der Waals surface area contributed by atoms with E-state index in [4.69, 9.17) is 0 Å². The Labute approximate surface area is 109 Å². The zero-order chi connectivity index (χ0) is 13.5. The topological polar surface area (TPSA) is 12.0 Å². The number of alkyl halides is 3. The van der Waals surface area contributed by atoms with E-state index in [9.17, 15) is 13.2 Å². The first-order valence-electron chi connectivity index (χ1n) is 6.05. The van der Waals surface area contributed by atoms with E-state index in [2.05, 4.69) is 5.32 Å². The Morgan fingerprint density at radius 2 is 1.74 bits per heavy atom. The molecule has 1 aliphatic heterocycles. The molecule has 19 heavy (non-hydrogen) atoms. The lowest BCUT2D eigenvalue weighted by atomic mass is 10.0.